The molecule has 1 rings (SSSR count). The van der Waals surface area contributed by atoms with Crippen molar-refractivity contribution in [3.8, 4) is 5.75 Å². The number of nitrogens with one attached hydrogen (secondary N) is 1. The molecular weight excluding hydrogens is 274 g/mol. The molecule has 0 bridgehead atoms. The minimum atomic E-state index is -0.969. The summed E-state index contributed by atoms with van der Waals surface area (Å²) in [5, 5.41) is 11.4. The second-order valence-corrected chi connectivity index (χ2v) is 4.86. The minimum absolute atomic E-state index is 0.0248. The van der Waals surface area contributed by atoms with E-state index >= 15 is 0 Å². The van der Waals surface area contributed by atoms with Crippen molar-refractivity contribution in [2.24, 2.45) is 0 Å². The lowest BCUT2D eigenvalue weighted by molar-refractivity contribution is -0.139. The fourth-order valence-corrected chi connectivity index (χ4v) is 1.73. The summed E-state index contributed by atoms with van der Waals surface area (Å²) >= 11 is 0. The van der Waals surface area contributed by atoms with Gasteiger partial charge in [-0.25, -0.2) is 0 Å². The zero-order chi connectivity index (χ0) is 15.8. The smallest absolute Gasteiger partial charge is 0.306 e. The molecule has 6 nitrogen and oxygen atoms in total. The molecule has 0 aliphatic carbocycles. The van der Waals surface area contributed by atoms with Crippen molar-refractivity contribution in [2.75, 3.05) is 13.7 Å². The van der Waals surface area contributed by atoms with Gasteiger partial charge in [0.15, 0.2) is 0 Å². The van der Waals surface area contributed by atoms with Crippen molar-refractivity contribution >= 4 is 11.9 Å². The number of benzene rings is 1. The van der Waals surface area contributed by atoms with Crippen LogP contribution in [0.25, 0.3) is 0 Å². The highest BCUT2D eigenvalue weighted by atomic mass is 16.5. The lowest BCUT2D eigenvalue weighted by atomic mass is 10.2. The van der Waals surface area contributed by atoms with Crippen LogP contribution in [-0.2, 0) is 9.53 Å². The molecule has 6 heteroatoms. The van der Waals surface area contributed by atoms with E-state index in [2.05, 4.69) is 5.32 Å². The number of rotatable bonds is 8. The second-order valence-electron chi connectivity index (χ2n) is 4.86. The van der Waals surface area contributed by atoms with Gasteiger partial charge in [0.2, 0.25) is 0 Å². The molecule has 1 unspecified atom stereocenters. The Hall–Kier alpha value is -2.08. The molecule has 1 atom stereocenters. The summed E-state index contributed by atoms with van der Waals surface area (Å²) in [6.07, 6.45) is -0.689. The van der Waals surface area contributed by atoms with Crippen LogP contribution in [0.3, 0.4) is 0 Å². The van der Waals surface area contributed by atoms with Crippen LogP contribution in [0, 0.1) is 0 Å². The van der Waals surface area contributed by atoms with Gasteiger partial charge in [-0.15, -0.1) is 0 Å². The van der Waals surface area contributed by atoms with Gasteiger partial charge in [-0.05, 0) is 32.0 Å². The summed E-state index contributed by atoms with van der Waals surface area (Å²) in [4.78, 5) is 22.6. The van der Waals surface area contributed by atoms with Crippen molar-refractivity contribution in [3.05, 3.63) is 29.8 Å². The fourth-order valence-electron chi connectivity index (χ4n) is 1.73. The Morgan fingerprint density at radius 2 is 2.05 bits per heavy atom. The number of hydrogen-bond acceptors (Lipinski definition) is 4. The highest BCUT2D eigenvalue weighted by molar-refractivity contribution is 5.94. The number of carbonyl (C=O) groups excluding carboxylic acids is 1. The van der Waals surface area contributed by atoms with E-state index < -0.39 is 12.1 Å². The van der Waals surface area contributed by atoms with E-state index in [0.717, 1.165) is 0 Å². The topological polar surface area (TPSA) is 84.9 Å². The molecule has 21 heavy (non-hydrogen) atoms. The molecule has 0 aromatic heterocycles. The molecule has 0 spiro atoms. The Labute approximate surface area is 124 Å². The van der Waals surface area contributed by atoms with Gasteiger partial charge in [0.1, 0.15) is 5.75 Å². The van der Waals surface area contributed by atoms with Crippen molar-refractivity contribution in [1.29, 1.82) is 0 Å². The maximum absolute atomic E-state index is 12.0. The van der Waals surface area contributed by atoms with Gasteiger partial charge in [0.25, 0.3) is 5.91 Å². The molecular formula is C15H21NO5. The van der Waals surface area contributed by atoms with Gasteiger partial charge in [-0.2, -0.15) is 0 Å². The SMILES string of the molecule is COC(CNC(=O)c1cccc(OC(C)C)c1)CC(=O)O. The van der Waals surface area contributed by atoms with Gasteiger partial charge < -0.3 is 19.9 Å². The van der Waals surface area contributed by atoms with Crippen LogP contribution < -0.4 is 10.1 Å². The Morgan fingerprint density at radius 3 is 2.62 bits per heavy atom. The Bertz CT molecular complexity index is 487. The number of hydrogen-bond donors (Lipinski definition) is 2. The zero-order valence-electron chi connectivity index (χ0n) is 12.5. The van der Waals surface area contributed by atoms with Crippen LogP contribution in [0.1, 0.15) is 30.6 Å². The van der Waals surface area contributed by atoms with Gasteiger partial charge >= 0.3 is 5.97 Å². The molecule has 116 valence electrons. The average molecular weight is 295 g/mol. The van der Waals surface area contributed by atoms with E-state index in [-0.39, 0.29) is 25.0 Å². The molecule has 0 aliphatic rings. The third-order valence-corrected chi connectivity index (χ3v) is 2.69. The first-order valence-electron chi connectivity index (χ1n) is 6.72. The maximum atomic E-state index is 12.0. The molecule has 0 radical (unpaired) electrons. The molecule has 0 aliphatic heterocycles. The number of methoxy groups -OCH3 is 1. The number of carboxylic acid groups (broad SMARTS) is 1. The summed E-state index contributed by atoms with van der Waals surface area (Å²) in [5.41, 5.74) is 0.457. The highest BCUT2D eigenvalue weighted by Crippen LogP contribution is 2.14. The third-order valence-electron chi connectivity index (χ3n) is 2.69. The lowest BCUT2D eigenvalue weighted by Gasteiger charge is -2.14. The Kier molecular flexibility index (Phi) is 6.68. The normalized spacial score (nSPS) is 12.0. The Morgan fingerprint density at radius 1 is 1.33 bits per heavy atom. The first-order valence-corrected chi connectivity index (χ1v) is 6.72. The van der Waals surface area contributed by atoms with Gasteiger partial charge in [0, 0.05) is 19.2 Å². The quantitative estimate of drug-likeness (QED) is 0.762. The number of carbonyl (C=O) groups is 2. The summed E-state index contributed by atoms with van der Waals surface area (Å²) in [5.74, 6) is -0.647. The van der Waals surface area contributed by atoms with E-state index in [9.17, 15) is 9.59 Å². The molecule has 0 saturated carbocycles. The zero-order valence-corrected chi connectivity index (χ0v) is 12.5. The van der Waals surface area contributed by atoms with Crippen LogP contribution in [0.2, 0.25) is 0 Å². The standard InChI is InChI=1S/C15H21NO5/c1-10(2)21-12-6-4-5-11(7-12)15(19)16-9-13(20-3)8-14(17)18/h4-7,10,13H,8-9H2,1-3H3,(H,16,19)(H,17,18). The van der Waals surface area contributed by atoms with Gasteiger partial charge in [-0.3, -0.25) is 9.59 Å². The first kappa shape index (κ1) is 17.0. The van der Waals surface area contributed by atoms with Crippen LogP contribution in [0.5, 0.6) is 5.75 Å². The van der Waals surface area contributed by atoms with Crippen molar-refractivity contribution in [2.45, 2.75) is 32.5 Å². The summed E-state index contributed by atoms with van der Waals surface area (Å²) in [6.45, 7) is 3.94. The summed E-state index contributed by atoms with van der Waals surface area (Å²) in [7, 11) is 1.41. The maximum Gasteiger partial charge on any atom is 0.306 e. The van der Waals surface area contributed by atoms with Crippen LogP contribution in [0.15, 0.2) is 24.3 Å². The molecule has 0 heterocycles. The predicted octanol–water partition coefficient (Wildman–Crippen LogP) is 1.69. The number of amides is 1. The van der Waals surface area contributed by atoms with Crippen LogP contribution in [-0.4, -0.2) is 42.8 Å². The fraction of sp³-hybridized carbons (Fsp3) is 0.467. The largest absolute Gasteiger partial charge is 0.491 e. The van der Waals surface area contributed by atoms with E-state index in [1.54, 1.807) is 24.3 Å². The average Bonchev–Trinajstić information content (AvgIpc) is 2.42. The Balaban J connectivity index is 2.60. The third kappa shape index (κ3) is 6.27. The molecule has 1 aromatic carbocycles. The minimum Gasteiger partial charge on any atom is -0.491 e. The highest BCUT2D eigenvalue weighted by Gasteiger charge is 2.14. The molecule has 2 N–H and O–H groups in total. The number of aliphatic carboxylic acids is 1. The van der Waals surface area contributed by atoms with E-state index in [4.69, 9.17) is 14.6 Å². The molecule has 0 fully saturated rings. The van der Waals surface area contributed by atoms with E-state index in [0.29, 0.717) is 11.3 Å². The van der Waals surface area contributed by atoms with Crippen molar-refractivity contribution in [1.82, 2.24) is 5.32 Å². The van der Waals surface area contributed by atoms with Gasteiger partial charge in [-0.1, -0.05) is 6.07 Å². The monoisotopic (exact) mass is 295 g/mol. The molecule has 0 saturated heterocycles. The first-order chi connectivity index (χ1) is 9.92. The predicted molar refractivity (Wildman–Crippen MR) is 77.6 cm³/mol. The summed E-state index contributed by atoms with van der Waals surface area (Å²) in [6, 6.07) is 6.83. The summed E-state index contributed by atoms with van der Waals surface area (Å²) < 4.78 is 10.5. The van der Waals surface area contributed by atoms with Crippen LogP contribution in [0.4, 0.5) is 0 Å². The van der Waals surface area contributed by atoms with E-state index in [1.807, 2.05) is 13.8 Å². The molecule has 1 amide bonds. The van der Waals surface area contributed by atoms with Crippen LogP contribution >= 0.6 is 0 Å². The van der Waals surface area contributed by atoms with E-state index in [1.165, 1.54) is 7.11 Å². The lowest BCUT2D eigenvalue weighted by Crippen LogP contribution is -2.34. The number of ether oxygens (including phenoxy) is 2. The van der Waals surface area contributed by atoms with Gasteiger partial charge in [0.05, 0.1) is 18.6 Å². The van der Waals surface area contributed by atoms with Crippen molar-refractivity contribution in [3.63, 3.8) is 0 Å². The van der Waals surface area contributed by atoms with Crippen molar-refractivity contribution < 1.29 is 24.2 Å². The second kappa shape index (κ2) is 8.26. The molecule has 1 aromatic rings. The number of carboxylic acids is 1.